The van der Waals surface area contributed by atoms with Gasteiger partial charge < -0.3 is 20.1 Å². The van der Waals surface area contributed by atoms with Gasteiger partial charge in [0.05, 0.1) is 15.5 Å². The Morgan fingerprint density at radius 3 is 2.16 bits per heavy atom. The number of carboxylic acids is 1. The summed E-state index contributed by atoms with van der Waals surface area (Å²) in [6, 6.07) is 19.1. The molecule has 1 aromatic heterocycles. The van der Waals surface area contributed by atoms with Crippen molar-refractivity contribution in [3.05, 3.63) is 135 Å². The molecule has 14 heteroatoms. The molecule has 0 bridgehead atoms. The molecule has 5 aromatic rings. The molecule has 1 heterocycles. The number of aliphatic carboxylic acids is 1. The van der Waals surface area contributed by atoms with Crippen LogP contribution in [0.25, 0.3) is 28.1 Å². The van der Waals surface area contributed by atoms with Crippen LogP contribution in [0.15, 0.2) is 95.9 Å². The molecule has 3 N–H and O–H groups in total. The van der Waals surface area contributed by atoms with E-state index in [9.17, 15) is 36.7 Å². The third-order valence-corrected chi connectivity index (χ3v) is 8.85. The largest absolute Gasteiger partial charge is 0.478 e. The number of H-pyrrole nitrogens is 1. The third-order valence-electron chi connectivity index (χ3n) is 7.20. The standard InChI is InChI=1S/C35H24Cl2F2N2O7S.C2H6/c1-49(46,47)23-10-7-19(8-11-23)25(31(34(43)44)20-9-13-27(38)28(39)15-20)18-48-35(45)33-24(32-26(37)16-21(36)17-29(32)41-33)12-14-30(42)40-22-5-3-2-4-6-22;1-2/h2-17,41H,18H2,1H3,(H,40,42)(H,43,44);1-2H3/b14-12+,31-25+;. The van der Waals surface area contributed by atoms with Gasteiger partial charge in [0.2, 0.25) is 5.91 Å². The zero-order valence-corrected chi connectivity index (χ0v) is 29.6. The van der Waals surface area contributed by atoms with Crippen LogP contribution in [-0.4, -0.2) is 49.2 Å². The van der Waals surface area contributed by atoms with Crippen LogP contribution in [-0.2, 0) is 24.2 Å². The minimum atomic E-state index is -3.63. The van der Waals surface area contributed by atoms with Crippen LogP contribution in [0.2, 0.25) is 10.0 Å². The van der Waals surface area contributed by atoms with Crippen LogP contribution in [0.3, 0.4) is 0 Å². The highest BCUT2D eigenvalue weighted by Gasteiger charge is 2.25. The lowest BCUT2D eigenvalue weighted by atomic mass is 9.95. The molecular weight excluding hydrogens is 725 g/mol. The maximum atomic E-state index is 14.2. The second-order valence-electron chi connectivity index (χ2n) is 10.6. The number of para-hydroxylation sites is 1. The number of anilines is 1. The highest BCUT2D eigenvalue weighted by atomic mass is 35.5. The number of carbonyl (C=O) groups is 3. The molecule has 9 nitrogen and oxygen atoms in total. The van der Waals surface area contributed by atoms with Gasteiger partial charge in [-0.3, -0.25) is 4.79 Å². The first-order valence-corrected chi connectivity index (χ1v) is 17.8. The van der Waals surface area contributed by atoms with Crippen molar-refractivity contribution in [3.8, 4) is 0 Å². The number of halogens is 4. The Labute approximate surface area is 302 Å². The topological polar surface area (TPSA) is 143 Å². The lowest BCUT2D eigenvalue weighted by Crippen LogP contribution is -2.13. The first kappa shape index (κ1) is 38.5. The molecule has 1 amide bonds. The zero-order chi connectivity index (χ0) is 37.5. The minimum absolute atomic E-state index is 0.0707. The third kappa shape index (κ3) is 9.28. The van der Waals surface area contributed by atoms with E-state index in [4.69, 9.17) is 27.9 Å². The monoisotopic (exact) mass is 754 g/mol. The molecular formula is C37H30Cl2F2N2O7S. The van der Waals surface area contributed by atoms with E-state index in [1.165, 1.54) is 48.6 Å². The van der Waals surface area contributed by atoms with E-state index in [0.29, 0.717) is 22.7 Å². The molecule has 51 heavy (non-hydrogen) atoms. The predicted molar refractivity (Wildman–Crippen MR) is 194 cm³/mol. The highest BCUT2D eigenvalue weighted by molar-refractivity contribution is 7.90. The summed E-state index contributed by atoms with van der Waals surface area (Å²) in [7, 11) is -3.63. The summed E-state index contributed by atoms with van der Waals surface area (Å²) in [4.78, 5) is 41.8. The van der Waals surface area contributed by atoms with Gasteiger partial charge in [0, 0.05) is 45.1 Å². The molecule has 0 aliphatic carbocycles. The molecule has 0 fully saturated rings. The Hall–Kier alpha value is -5.30. The number of hydrogen-bond donors (Lipinski definition) is 3. The number of ether oxygens (including phenoxy) is 1. The Balaban J connectivity index is 0.00000286. The Bertz CT molecular complexity index is 2290. The zero-order valence-electron chi connectivity index (χ0n) is 27.3. The highest BCUT2D eigenvalue weighted by Crippen LogP contribution is 2.35. The molecule has 0 radical (unpaired) electrons. The van der Waals surface area contributed by atoms with Crippen LogP contribution >= 0.6 is 23.2 Å². The van der Waals surface area contributed by atoms with Crippen molar-refractivity contribution in [2.24, 2.45) is 0 Å². The van der Waals surface area contributed by atoms with Crippen LogP contribution in [0.1, 0.15) is 41.0 Å². The molecule has 0 aliphatic heterocycles. The second-order valence-corrected chi connectivity index (χ2v) is 13.4. The summed E-state index contributed by atoms with van der Waals surface area (Å²) in [5.74, 6) is -5.63. The predicted octanol–water partition coefficient (Wildman–Crippen LogP) is 8.69. The van der Waals surface area contributed by atoms with Crippen molar-refractivity contribution < 1.29 is 41.4 Å². The van der Waals surface area contributed by atoms with Gasteiger partial charge in [-0.15, -0.1) is 0 Å². The number of benzene rings is 4. The first-order valence-electron chi connectivity index (χ1n) is 15.2. The van der Waals surface area contributed by atoms with Gasteiger partial charge in [0.1, 0.15) is 12.3 Å². The summed E-state index contributed by atoms with van der Waals surface area (Å²) in [6.45, 7) is 3.28. The van der Waals surface area contributed by atoms with Crippen LogP contribution < -0.4 is 5.32 Å². The lowest BCUT2D eigenvalue weighted by Gasteiger charge is -2.15. The number of carbonyl (C=O) groups excluding carboxylic acids is 2. The Kier molecular flexibility index (Phi) is 12.5. The number of nitrogens with one attached hydrogen (secondary N) is 2. The molecule has 4 aromatic carbocycles. The van der Waals surface area contributed by atoms with Gasteiger partial charge in [0.25, 0.3) is 0 Å². The van der Waals surface area contributed by atoms with Crippen molar-refractivity contribution in [2.75, 3.05) is 18.2 Å². The fourth-order valence-electron chi connectivity index (χ4n) is 4.96. The number of aromatic nitrogens is 1. The SMILES string of the molecule is CC.CS(=O)(=O)c1ccc(/C(COC(=O)c2[nH]c3cc(Cl)cc(Cl)c3c2/C=C/C(=O)Nc2ccccc2)=C(/C(=O)O)c2ccc(F)c(F)c2)cc1. The van der Waals surface area contributed by atoms with E-state index in [2.05, 4.69) is 10.3 Å². The summed E-state index contributed by atoms with van der Waals surface area (Å²) in [6.07, 6.45) is 3.51. The molecule has 0 atom stereocenters. The molecule has 0 spiro atoms. The number of esters is 1. The van der Waals surface area contributed by atoms with Crippen molar-refractivity contribution >= 4 is 84.7 Å². The van der Waals surface area contributed by atoms with E-state index >= 15 is 0 Å². The summed E-state index contributed by atoms with van der Waals surface area (Å²) in [5.41, 5.74) is 0.0152. The van der Waals surface area contributed by atoms with E-state index < -0.39 is 51.5 Å². The maximum Gasteiger partial charge on any atom is 0.355 e. The molecule has 5 rings (SSSR count). The van der Waals surface area contributed by atoms with E-state index in [1.54, 1.807) is 30.3 Å². The quantitative estimate of drug-likeness (QED) is 0.0736. The van der Waals surface area contributed by atoms with Crippen molar-refractivity contribution in [1.29, 1.82) is 0 Å². The number of sulfone groups is 1. The fourth-order valence-corrected chi connectivity index (χ4v) is 6.18. The summed E-state index contributed by atoms with van der Waals surface area (Å²) in [5, 5.41) is 13.6. The van der Waals surface area contributed by atoms with Crippen molar-refractivity contribution in [2.45, 2.75) is 18.7 Å². The smallest absolute Gasteiger partial charge is 0.355 e. The van der Waals surface area contributed by atoms with Gasteiger partial charge in [0.15, 0.2) is 21.5 Å². The molecule has 0 unspecified atom stereocenters. The second kappa shape index (κ2) is 16.6. The van der Waals surface area contributed by atoms with Crippen LogP contribution in [0, 0.1) is 11.6 Å². The number of amides is 1. The summed E-state index contributed by atoms with van der Waals surface area (Å²) >= 11 is 12.7. The van der Waals surface area contributed by atoms with Crippen LogP contribution in [0.5, 0.6) is 0 Å². The maximum absolute atomic E-state index is 14.2. The number of rotatable bonds is 10. The molecule has 0 saturated heterocycles. The number of carboxylic acid groups (broad SMARTS) is 1. The van der Waals surface area contributed by atoms with Gasteiger partial charge >= 0.3 is 11.9 Å². The van der Waals surface area contributed by atoms with Crippen molar-refractivity contribution in [1.82, 2.24) is 4.98 Å². The number of aromatic amines is 1. The Morgan fingerprint density at radius 1 is 0.902 bits per heavy atom. The number of hydrogen-bond acceptors (Lipinski definition) is 6. The lowest BCUT2D eigenvalue weighted by molar-refractivity contribution is -0.130. The average molecular weight is 756 g/mol. The number of fused-ring (bicyclic) bond motifs is 1. The first-order chi connectivity index (χ1) is 24.2. The normalized spacial score (nSPS) is 11.8. The summed E-state index contributed by atoms with van der Waals surface area (Å²) < 4.78 is 57.7. The average Bonchev–Trinajstić information content (AvgIpc) is 3.46. The Morgan fingerprint density at radius 2 is 1.55 bits per heavy atom. The minimum Gasteiger partial charge on any atom is -0.478 e. The van der Waals surface area contributed by atoms with E-state index in [1.807, 2.05) is 13.8 Å². The van der Waals surface area contributed by atoms with Gasteiger partial charge in [-0.25, -0.2) is 26.8 Å². The molecule has 0 saturated carbocycles. The van der Waals surface area contributed by atoms with Crippen LogP contribution in [0.4, 0.5) is 14.5 Å². The van der Waals surface area contributed by atoms with Gasteiger partial charge in [-0.05, 0) is 65.7 Å². The fraction of sp³-hybridized carbons (Fsp3) is 0.108. The van der Waals surface area contributed by atoms with E-state index in [0.717, 1.165) is 18.4 Å². The van der Waals surface area contributed by atoms with Crippen molar-refractivity contribution in [3.63, 3.8) is 0 Å². The molecule has 264 valence electrons. The van der Waals surface area contributed by atoms with E-state index in [-0.39, 0.29) is 42.9 Å². The molecule has 0 aliphatic rings. The van der Waals surface area contributed by atoms with Gasteiger partial charge in [-0.2, -0.15) is 0 Å². The van der Waals surface area contributed by atoms with Gasteiger partial charge in [-0.1, -0.05) is 73.4 Å².